The van der Waals surface area contributed by atoms with Crippen LogP contribution in [0.2, 0.25) is 0 Å². The van der Waals surface area contributed by atoms with Gasteiger partial charge < -0.3 is 15.1 Å². The average Bonchev–Trinajstić information content (AvgIpc) is 2.58. The van der Waals surface area contributed by atoms with Crippen molar-refractivity contribution in [2.45, 2.75) is 27.7 Å². The number of urea groups is 1. The topological polar surface area (TPSA) is 35.6 Å². The third-order valence-corrected chi connectivity index (χ3v) is 4.84. The summed E-state index contributed by atoms with van der Waals surface area (Å²) in [4.78, 5) is 16.9. The van der Waals surface area contributed by atoms with Crippen LogP contribution in [-0.4, -0.2) is 37.1 Å². The third kappa shape index (κ3) is 3.95. The third-order valence-electron chi connectivity index (χ3n) is 4.84. The van der Waals surface area contributed by atoms with Crippen molar-refractivity contribution < 1.29 is 4.79 Å². The Morgan fingerprint density at radius 2 is 1.52 bits per heavy atom. The second-order valence-corrected chi connectivity index (χ2v) is 7.02. The zero-order chi connectivity index (χ0) is 18.0. The maximum absolute atomic E-state index is 12.7. The van der Waals surface area contributed by atoms with Crippen molar-refractivity contribution in [2.75, 3.05) is 36.4 Å². The molecular formula is C21H27N3O. The maximum Gasteiger partial charge on any atom is 0.321 e. The molecule has 0 atom stereocenters. The molecule has 1 aliphatic rings. The molecule has 132 valence electrons. The number of benzene rings is 2. The van der Waals surface area contributed by atoms with Crippen molar-refractivity contribution in [3.8, 4) is 0 Å². The number of nitrogens with zero attached hydrogens (tertiary/aromatic N) is 2. The van der Waals surface area contributed by atoms with Gasteiger partial charge >= 0.3 is 6.03 Å². The molecule has 3 rings (SSSR count). The second-order valence-electron chi connectivity index (χ2n) is 7.02. The first-order chi connectivity index (χ1) is 11.9. The Morgan fingerprint density at radius 3 is 2.12 bits per heavy atom. The molecule has 25 heavy (non-hydrogen) atoms. The molecule has 2 amide bonds. The molecule has 4 heteroatoms. The van der Waals surface area contributed by atoms with Crippen molar-refractivity contribution in [3.63, 3.8) is 0 Å². The van der Waals surface area contributed by atoms with Crippen LogP contribution in [0, 0.1) is 27.7 Å². The van der Waals surface area contributed by atoms with Gasteiger partial charge in [-0.25, -0.2) is 4.79 Å². The van der Waals surface area contributed by atoms with Gasteiger partial charge in [0.25, 0.3) is 0 Å². The molecule has 0 radical (unpaired) electrons. The Balaban J connectivity index is 1.62. The standard InChI is InChI=1S/C21H27N3O/c1-15-6-5-7-19(14-15)23-8-10-24(11-9-23)21(25)22-20-17(3)12-16(2)13-18(20)4/h5-7,12-14H,8-11H2,1-4H3,(H,22,25). The molecule has 0 unspecified atom stereocenters. The van der Waals surface area contributed by atoms with Gasteiger partial charge in [-0.1, -0.05) is 29.8 Å². The fourth-order valence-corrected chi connectivity index (χ4v) is 3.56. The van der Waals surface area contributed by atoms with E-state index in [1.54, 1.807) is 0 Å². The minimum Gasteiger partial charge on any atom is -0.368 e. The van der Waals surface area contributed by atoms with E-state index in [1.165, 1.54) is 16.8 Å². The molecule has 0 saturated carbocycles. The van der Waals surface area contributed by atoms with E-state index in [-0.39, 0.29) is 6.03 Å². The van der Waals surface area contributed by atoms with Crippen molar-refractivity contribution in [1.82, 2.24) is 4.90 Å². The molecule has 4 nitrogen and oxygen atoms in total. The highest BCUT2D eigenvalue weighted by Crippen LogP contribution is 2.23. The van der Waals surface area contributed by atoms with Crippen LogP contribution in [0.4, 0.5) is 16.2 Å². The SMILES string of the molecule is Cc1cccc(N2CCN(C(=O)Nc3c(C)cc(C)cc3C)CC2)c1. The molecule has 1 heterocycles. The normalized spacial score (nSPS) is 14.6. The number of hydrogen-bond donors (Lipinski definition) is 1. The fourth-order valence-electron chi connectivity index (χ4n) is 3.56. The number of anilines is 2. The fraction of sp³-hybridized carbons (Fsp3) is 0.381. The van der Waals surface area contributed by atoms with Crippen LogP contribution in [0.5, 0.6) is 0 Å². The number of rotatable bonds is 2. The summed E-state index contributed by atoms with van der Waals surface area (Å²) in [6.45, 7) is 11.5. The van der Waals surface area contributed by atoms with Gasteiger partial charge in [-0.2, -0.15) is 0 Å². The van der Waals surface area contributed by atoms with Gasteiger partial charge in [0, 0.05) is 37.6 Å². The lowest BCUT2D eigenvalue weighted by molar-refractivity contribution is 0.208. The van der Waals surface area contributed by atoms with Gasteiger partial charge in [0.05, 0.1) is 0 Å². The van der Waals surface area contributed by atoms with Crippen LogP contribution in [0.3, 0.4) is 0 Å². The molecular weight excluding hydrogens is 310 g/mol. The molecule has 0 spiro atoms. The van der Waals surface area contributed by atoms with Crippen molar-refractivity contribution in [1.29, 1.82) is 0 Å². The summed E-state index contributed by atoms with van der Waals surface area (Å²) in [6.07, 6.45) is 0. The summed E-state index contributed by atoms with van der Waals surface area (Å²) in [5.41, 5.74) is 6.90. The lowest BCUT2D eigenvalue weighted by atomic mass is 10.1. The number of amides is 2. The van der Waals surface area contributed by atoms with E-state index in [0.717, 1.165) is 43.0 Å². The molecule has 0 bridgehead atoms. The Morgan fingerprint density at radius 1 is 0.880 bits per heavy atom. The number of aryl methyl sites for hydroxylation is 4. The van der Waals surface area contributed by atoms with Crippen LogP contribution in [0.1, 0.15) is 22.3 Å². The van der Waals surface area contributed by atoms with Crippen LogP contribution in [-0.2, 0) is 0 Å². The highest BCUT2D eigenvalue weighted by Gasteiger charge is 2.22. The summed E-state index contributed by atoms with van der Waals surface area (Å²) in [7, 11) is 0. The predicted molar refractivity (Wildman–Crippen MR) is 105 cm³/mol. The second kappa shape index (κ2) is 7.18. The van der Waals surface area contributed by atoms with Crippen molar-refractivity contribution in [3.05, 3.63) is 58.7 Å². The summed E-state index contributed by atoms with van der Waals surface area (Å²) in [5, 5.41) is 3.11. The van der Waals surface area contributed by atoms with E-state index in [4.69, 9.17) is 0 Å². The van der Waals surface area contributed by atoms with Crippen LogP contribution in [0.15, 0.2) is 36.4 Å². The summed E-state index contributed by atoms with van der Waals surface area (Å²) in [6, 6.07) is 12.8. The lowest BCUT2D eigenvalue weighted by Gasteiger charge is -2.36. The van der Waals surface area contributed by atoms with E-state index >= 15 is 0 Å². The average molecular weight is 337 g/mol. The summed E-state index contributed by atoms with van der Waals surface area (Å²) in [5.74, 6) is 0. The highest BCUT2D eigenvalue weighted by molar-refractivity contribution is 5.91. The van der Waals surface area contributed by atoms with E-state index < -0.39 is 0 Å². The van der Waals surface area contributed by atoms with Crippen molar-refractivity contribution >= 4 is 17.4 Å². The molecule has 2 aromatic rings. The Labute approximate surface area is 150 Å². The predicted octanol–water partition coefficient (Wildman–Crippen LogP) is 4.27. The minimum atomic E-state index is -0.000977. The van der Waals surface area contributed by atoms with Gasteiger partial charge in [0.2, 0.25) is 0 Å². The number of nitrogens with one attached hydrogen (secondary N) is 1. The van der Waals surface area contributed by atoms with Crippen LogP contribution in [0.25, 0.3) is 0 Å². The van der Waals surface area contributed by atoms with Crippen molar-refractivity contribution in [2.24, 2.45) is 0 Å². The van der Waals surface area contributed by atoms with Gasteiger partial charge in [-0.05, 0) is 56.5 Å². The van der Waals surface area contributed by atoms with Gasteiger partial charge in [0.15, 0.2) is 0 Å². The lowest BCUT2D eigenvalue weighted by Crippen LogP contribution is -2.50. The minimum absolute atomic E-state index is 0.000977. The van der Waals surface area contributed by atoms with E-state index in [9.17, 15) is 4.79 Å². The number of carbonyl (C=O) groups is 1. The Hall–Kier alpha value is -2.49. The zero-order valence-electron chi connectivity index (χ0n) is 15.6. The zero-order valence-corrected chi connectivity index (χ0v) is 15.6. The van der Waals surface area contributed by atoms with Crippen LogP contribution < -0.4 is 10.2 Å². The first-order valence-corrected chi connectivity index (χ1v) is 8.89. The summed E-state index contributed by atoms with van der Waals surface area (Å²) < 4.78 is 0. The highest BCUT2D eigenvalue weighted by atomic mass is 16.2. The summed E-state index contributed by atoms with van der Waals surface area (Å²) >= 11 is 0. The monoisotopic (exact) mass is 337 g/mol. The molecule has 0 aromatic heterocycles. The molecule has 2 aromatic carbocycles. The van der Waals surface area contributed by atoms with Gasteiger partial charge in [0.1, 0.15) is 0 Å². The van der Waals surface area contributed by atoms with Gasteiger partial charge in [-0.15, -0.1) is 0 Å². The number of carbonyl (C=O) groups excluding carboxylic acids is 1. The number of hydrogen-bond acceptors (Lipinski definition) is 2. The molecule has 1 aliphatic heterocycles. The number of piperazine rings is 1. The van der Waals surface area contributed by atoms with Gasteiger partial charge in [-0.3, -0.25) is 0 Å². The quantitative estimate of drug-likeness (QED) is 0.888. The van der Waals surface area contributed by atoms with Crippen LogP contribution >= 0.6 is 0 Å². The van der Waals surface area contributed by atoms with E-state index in [1.807, 2.05) is 18.7 Å². The Bertz CT molecular complexity index is 753. The molecule has 1 N–H and O–H groups in total. The molecule has 0 aliphatic carbocycles. The molecule has 1 saturated heterocycles. The smallest absolute Gasteiger partial charge is 0.321 e. The largest absolute Gasteiger partial charge is 0.368 e. The molecule has 1 fully saturated rings. The maximum atomic E-state index is 12.7. The first-order valence-electron chi connectivity index (χ1n) is 8.89. The first kappa shape index (κ1) is 17.3. The van der Waals surface area contributed by atoms with E-state index in [0.29, 0.717) is 0 Å². The van der Waals surface area contributed by atoms with E-state index in [2.05, 4.69) is 60.5 Å². The Kier molecular flexibility index (Phi) is 4.98.